The number of benzene rings is 2. The van der Waals surface area contributed by atoms with Gasteiger partial charge in [0.1, 0.15) is 0 Å². The Morgan fingerprint density at radius 2 is 1.95 bits per heavy atom. The van der Waals surface area contributed by atoms with Gasteiger partial charge in [-0.3, -0.25) is 0 Å². The fraction of sp³-hybridized carbons (Fsp3) is 0.333. The lowest BCUT2D eigenvalue weighted by molar-refractivity contribution is 0.745. The van der Waals surface area contributed by atoms with E-state index in [1.807, 2.05) is 11.8 Å². The molecule has 0 spiro atoms. The smallest absolute Gasteiger partial charge is 0.0384 e. The van der Waals surface area contributed by atoms with Gasteiger partial charge >= 0.3 is 0 Å². The molecular weight excluding hydrogens is 262 g/mol. The second-order valence-electron chi connectivity index (χ2n) is 5.45. The molecule has 2 aromatic rings. The van der Waals surface area contributed by atoms with Gasteiger partial charge in [0.25, 0.3) is 0 Å². The quantitative estimate of drug-likeness (QED) is 0.745. The number of aryl methyl sites for hydroxylation is 1. The third-order valence-corrected chi connectivity index (χ3v) is 5.05. The van der Waals surface area contributed by atoms with Crippen LogP contribution in [0, 0.1) is 6.92 Å². The summed E-state index contributed by atoms with van der Waals surface area (Å²) in [6.07, 6.45) is 2.63. The average molecular weight is 283 g/mol. The maximum Gasteiger partial charge on any atom is 0.0384 e. The zero-order valence-corrected chi connectivity index (χ0v) is 12.8. The summed E-state index contributed by atoms with van der Waals surface area (Å²) in [4.78, 5) is 3.96. The molecule has 2 aromatic carbocycles. The Bertz CT molecular complexity index is 552. The van der Waals surface area contributed by atoms with Gasteiger partial charge < -0.3 is 4.90 Å². The molecule has 1 atom stereocenters. The van der Waals surface area contributed by atoms with Crippen molar-refractivity contribution in [2.24, 2.45) is 0 Å². The van der Waals surface area contributed by atoms with Crippen molar-refractivity contribution in [1.29, 1.82) is 0 Å². The molecule has 1 heterocycles. The van der Waals surface area contributed by atoms with Crippen molar-refractivity contribution in [1.82, 2.24) is 0 Å². The molecule has 0 radical (unpaired) electrons. The predicted molar refractivity (Wildman–Crippen MR) is 88.7 cm³/mol. The maximum absolute atomic E-state index is 2.59. The van der Waals surface area contributed by atoms with Gasteiger partial charge in [0.05, 0.1) is 0 Å². The summed E-state index contributed by atoms with van der Waals surface area (Å²) < 4.78 is 0. The Labute approximate surface area is 126 Å². The van der Waals surface area contributed by atoms with Crippen LogP contribution in [0.25, 0.3) is 0 Å². The molecule has 104 valence electrons. The van der Waals surface area contributed by atoms with Crippen LogP contribution in [0.1, 0.15) is 18.4 Å². The number of hydrogen-bond donors (Lipinski definition) is 0. The number of nitrogens with zero attached hydrogens (tertiary/aromatic N) is 1. The van der Waals surface area contributed by atoms with Gasteiger partial charge in [-0.2, -0.15) is 0 Å². The van der Waals surface area contributed by atoms with Gasteiger partial charge in [-0.1, -0.05) is 30.3 Å². The van der Waals surface area contributed by atoms with Crippen molar-refractivity contribution in [2.45, 2.75) is 30.7 Å². The molecule has 0 saturated carbocycles. The van der Waals surface area contributed by atoms with Crippen molar-refractivity contribution in [2.75, 3.05) is 17.2 Å². The summed E-state index contributed by atoms with van der Waals surface area (Å²) in [6.45, 7) is 3.37. The van der Waals surface area contributed by atoms with Crippen LogP contribution in [0.5, 0.6) is 0 Å². The monoisotopic (exact) mass is 283 g/mol. The lowest BCUT2D eigenvalue weighted by Gasteiger charge is -2.27. The summed E-state index contributed by atoms with van der Waals surface area (Å²) in [7, 11) is 0. The summed E-state index contributed by atoms with van der Waals surface area (Å²) in [5, 5.41) is 0. The zero-order chi connectivity index (χ0) is 13.8. The highest BCUT2D eigenvalue weighted by Gasteiger charge is 2.24. The molecule has 1 saturated heterocycles. The van der Waals surface area contributed by atoms with E-state index >= 15 is 0 Å². The Morgan fingerprint density at radius 3 is 2.75 bits per heavy atom. The van der Waals surface area contributed by atoms with Gasteiger partial charge in [0, 0.05) is 28.9 Å². The molecule has 0 aromatic heterocycles. The number of thioether (sulfide) groups is 1. The minimum absolute atomic E-state index is 0.669. The van der Waals surface area contributed by atoms with Gasteiger partial charge in [0.15, 0.2) is 0 Å². The molecule has 20 heavy (non-hydrogen) atoms. The number of rotatable bonds is 4. The standard InChI is InChI=1S/C18H21NS/c1-15-7-5-8-16(13-15)19-12-6-9-17(19)14-20-18-10-3-2-4-11-18/h2-5,7-8,10-11,13,17H,6,9,12,14H2,1H3. The van der Waals surface area contributed by atoms with Gasteiger partial charge in [0.2, 0.25) is 0 Å². The topological polar surface area (TPSA) is 3.24 Å². The van der Waals surface area contributed by atoms with E-state index in [-0.39, 0.29) is 0 Å². The van der Waals surface area contributed by atoms with Crippen LogP contribution in [0.3, 0.4) is 0 Å². The molecule has 0 aliphatic carbocycles. The number of hydrogen-bond acceptors (Lipinski definition) is 2. The van der Waals surface area contributed by atoms with E-state index in [2.05, 4.69) is 66.4 Å². The molecule has 1 nitrogen and oxygen atoms in total. The van der Waals surface area contributed by atoms with Crippen molar-refractivity contribution < 1.29 is 0 Å². The van der Waals surface area contributed by atoms with Crippen LogP contribution < -0.4 is 4.90 Å². The number of anilines is 1. The van der Waals surface area contributed by atoms with Crippen molar-refractivity contribution in [3.05, 3.63) is 60.2 Å². The van der Waals surface area contributed by atoms with E-state index in [0.29, 0.717) is 6.04 Å². The van der Waals surface area contributed by atoms with E-state index in [4.69, 9.17) is 0 Å². The van der Waals surface area contributed by atoms with Crippen LogP contribution in [0.4, 0.5) is 5.69 Å². The summed E-state index contributed by atoms with van der Waals surface area (Å²) >= 11 is 1.98. The molecule has 0 bridgehead atoms. The molecule has 1 fully saturated rings. The van der Waals surface area contributed by atoms with Gasteiger partial charge in [-0.05, 0) is 49.6 Å². The predicted octanol–water partition coefficient (Wildman–Crippen LogP) is 4.76. The summed E-state index contributed by atoms with van der Waals surface area (Å²) in [5.74, 6) is 1.18. The second-order valence-corrected chi connectivity index (χ2v) is 6.55. The first kappa shape index (κ1) is 13.6. The SMILES string of the molecule is Cc1cccc(N2CCCC2CSc2ccccc2)c1. The zero-order valence-electron chi connectivity index (χ0n) is 12.0. The largest absolute Gasteiger partial charge is 0.368 e. The Hall–Kier alpha value is -1.41. The van der Waals surface area contributed by atoms with E-state index in [9.17, 15) is 0 Å². The van der Waals surface area contributed by atoms with Crippen molar-refractivity contribution >= 4 is 17.4 Å². The van der Waals surface area contributed by atoms with Crippen LogP contribution >= 0.6 is 11.8 Å². The fourth-order valence-electron chi connectivity index (χ4n) is 2.86. The Balaban J connectivity index is 1.67. The second kappa shape index (κ2) is 6.36. The van der Waals surface area contributed by atoms with Gasteiger partial charge in [-0.15, -0.1) is 11.8 Å². The molecule has 1 unspecified atom stereocenters. The van der Waals surface area contributed by atoms with E-state index in [1.165, 1.54) is 41.3 Å². The van der Waals surface area contributed by atoms with Crippen LogP contribution in [-0.2, 0) is 0 Å². The van der Waals surface area contributed by atoms with Crippen LogP contribution in [0.2, 0.25) is 0 Å². The average Bonchev–Trinajstić information content (AvgIpc) is 2.95. The third-order valence-electron chi connectivity index (χ3n) is 3.90. The third kappa shape index (κ3) is 3.18. The first-order chi connectivity index (χ1) is 9.83. The molecule has 3 rings (SSSR count). The van der Waals surface area contributed by atoms with Crippen LogP contribution in [-0.4, -0.2) is 18.3 Å². The molecular formula is C18H21NS. The van der Waals surface area contributed by atoms with E-state index in [1.54, 1.807) is 0 Å². The Morgan fingerprint density at radius 1 is 1.10 bits per heavy atom. The minimum Gasteiger partial charge on any atom is -0.368 e. The highest BCUT2D eigenvalue weighted by atomic mass is 32.2. The molecule has 1 aliphatic heterocycles. The minimum atomic E-state index is 0.669. The summed E-state index contributed by atoms with van der Waals surface area (Å²) in [6, 6.07) is 20.3. The van der Waals surface area contributed by atoms with Crippen molar-refractivity contribution in [3.8, 4) is 0 Å². The van der Waals surface area contributed by atoms with E-state index < -0.39 is 0 Å². The normalized spacial score (nSPS) is 18.4. The highest BCUT2D eigenvalue weighted by Crippen LogP contribution is 2.30. The summed E-state index contributed by atoms with van der Waals surface area (Å²) in [5.41, 5.74) is 2.74. The lowest BCUT2D eigenvalue weighted by Crippen LogP contribution is -2.31. The van der Waals surface area contributed by atoms with Crippen molar-refractivity contribution in [3.63, 3.8) is 0 Å². The lowest BCUT2D eigenvalue weighted by atomic mass is 10.2. The molecule has 2 heteroatoms. The van der Waals surface area contributed by atoms with Crippen LogP contribution in [0.15, 0.2) is 59.5 Å². The molecule has 1 aliphatic rings. The fourth-order valence-corrected chi connectivity index (χ4v) is 3.95. The first-order valence-corrected chi connectivity index (χ1v) is 8.32. The molecule has 0 N–H and O–H groups in total. The maximum atomic E-state index is 2.59. The molecule has 0 amide bonds. The highest BCUT2D eigenvalue weighted by molar-refractivity contribution is 7.99. The van der Waals surface area contributed by atoms with Gasteiger partial charge in [-0.25, -0.2) is 0 Å². The van der Waals surface area contributed by atoms with E-state index in [0.717, 1.165) is 0 Å². The Kier molecular flexibility index (Phi) is 4.31. The first-order valence-electron chi connectivity index (χ1n) is 7.34.